The normalized spacial score (nSPS) is 20.0. The molecule has 1 heterocycles. The minimum atomic E-state index is -0.432. The van der Waals surface area contributed by atoms with E-state index in [-0.39, 0.29) is 6.09 Å². The third kappa shape index (κ3) is 4.47. The molecule has 1 saturated heterocycles. The molecular weight excluding hydrogens is 276 g/mol. The molecule has 0 N–H and O–H groups in total. The second-order valence-corrected chi connectivity index (χ2v) is 7.17. The van der Waals surface area contributed by atoms with Crippen molar-refractivity contribution in [3.8, 4) is 0 Å². The van der Waals surface area contributed by atoms with Crippen LogP contribution in [0.3, 0.4) is 0 Å². The van der Waals surface area contributed by atoms with Gasteiger partial charge in [0, 0.05) is 32.2 Å². The molecule has 0 unspecified atom stereocenters. The van der Waals surface area contributed by atoms with Gasteiger partial charge in [-0.15, -0.1) is 0 Å². The Morgan fingerprint density at radius 2 is 1.95 bits per heavy atom. The lowest BCUT2D eigenvalue weighted by molar-refractivity contribution is 0.00458. The summed E-state index contributed by atoms with van der Waals surface area (Å²) in [6.45, 7) is 13.3. The zero-order valence-electron chi connectivity index (χ0n) is 14.4. The molecule has 1 fully saturated rings. The van der Waals surface area contributed by atoms with Gasteiger partial charge >= 0.3 is 6.09 Å². The average Bonchev–Trinajstić information content (AvgIpc) is 2.41. The summed E-state index contributed by atoms with van der Waals surface area (Å²) in [6, 6.07) is 8.83. The van der Waals surface area contributed by atoms with E-state index in [0.717, 1.165) is 26.2 Å². The van der Waals surface area contributed by atoms with Gasteiger partial charge in [-0.1, -0.05) is 24.3 Å². The number of carbonyl (C=O) groups excluding carboxylic acids is 1. The summed E-state index contributed by atoms with van der Waals surface area (Å²) in [4.78, 5) is 16.4. The van der Waals surface area contributed by atoms with Crippen LogP contribution in [0.4, 0.5) is 4.79 Å². The van der Waals surface area contributed by atoms with Gasteiger partial charge in [0.25, 0.3) is 0 Å². The Morgan fingerprint density at radius 1 is 1.27 bits per heavy atom. The number of amides is 1. The van der Waals surface area contributed by atoms with Gasteiger partial charge in [-0.05, 0) is 45.7 Å². The van der Waals surface area contributed by atoms with E-state index in [0.29, 0.717) is 6.04 Å². The largest absolute Gasteiger partial charge is 0.444 e. The Kier molecular flexibility index (Phi) is 5.12. The summed E-state index contributed by atoms with van der Waals surface area (Å²) in [6.07, 6.45) is -0.199. The van der Waals surface area contributed by atoms with Gasteiger partial charge in [0.1, 0.15) is 5.60 Å². The number of benzene rings is 1. The molecule has 0 radical (unpaired) electrons. The lowest BCUT2D eigenvalue weighted by atomic mass is 10.1. The van der Waals surface area contributed by atoms with Gasteiger partial charge < -0.3 is 9.64 Å². The highest BCUT2D eigenvalue weighted by molar-refractivity contribution is 5.68. The molecule has 0 bridgehead atoms. The zero-order valence-corrected chi connectivity index (χ0v) is 14.4. The molecule has 1 aromatic carbocycles. The molecular formula is C18H28N2O2. The molecule has 1 aliphatic heterocycles. The summed E-state index contributed by atoms with van der Waals surface area (Å²) in [5.74, 6) is 0. The van der Waals surface area contributed by atoms with Crippen molar-refractivity contribution in [1.29, 1.82) is 0 Å². The van der Waals surface area contributed by atoms with E-state index in [4.69, 9.17) is 4.74 Å². The maximum Gasteiger partial charge on any atom is 0.410 e. The van der Waals surface area contributed by atoms with Crippen molar-refractivity contribution < 1.29 is 9.53 Å². The van der Waals surface area contributed by atoms with E-state index in [1.54, 1.807) is 0 Å². The van der Waals surface area contributed by atoms with Crippen molar-refractivity contribution in [3.05, 3.63) is 35.4 Å². The third-order valence-corrected chi connectivity index (χ3v) is 4.05. The fraction of sp³-hybridized carbons (Fsp3) is 0.611. The van der Waals surface area contributed by atoms with Crippen LogP contribution in [0.2, 0.25) is 0 Å². The first-order chi connectivity index (χ1) is 10.3. The van der Waals surface area contributed by atoms with Crippen LogP contribution in [0.1, 0.15) is 38.8 Å². The van der Waals surface area contributed by atoms with Gasteiger partial charge in [-0.3, -0.25) is 4.90 Å². The molecule has 1 aliphatic rings. The number of carbonyl (C=O) groups is 1. The highest BCUT2D eigenvalue weighted by atomic mass is 16.6. The maximum atomic E-state index is 12.2. The molecule has 4 nitrogen and oxygen atoms in total. The van der Waals surface area contributed by atoms with Crippen molar-refractivity contribution in [2.45, 2.75) is 52.8 Å². The first-order valence-corrected chi connectivity index (χ1v) is 8.03. The van der Waals surface area contributed by atoms with Crippen LogP contribution in [0.25, 0.3) is 0 Å². The topological polar surface area (TPSA) is 32.8 Å². The first kappa shape index (κ1) is 16.8. The lowest BCUT2D eigenvalue weighted by Gasteiger charge is -2.40. The Morgan fingerprint density at radius 3 is 2.55 bits per heavy atom. The molecule has 0 aromatic heterocycles. The maximum absolute atomic E-state index is 12.2. The standard InChI is InChI=1S/C18H28N2O2/c1-14-8-6-7-9-16(14)13-19-10-11-20(12-15(19)2)17(21)22-18(3,4)5/h6-9,15H,10-13H2,1-5H3/t15-/m1/s1. The van der Waals surface area contributed by atoms with Crippen molar-refractivity contribution in [1.82, 2.24) is 9.80 Å². The minimum Gasteiger partial charge on any atom is -0.444 e. The summed E-state index contributed by atoms with van der Waals surface area (Å²) >= 11 is 0. The summed E-state index contributed by atoms with van der Waals surface area (Å²) < 4.78 is 5.47. The van der Waals surface area contributed by atoms with E-state index < -0.39 is 5.60 Å². The van der Waals surface area contributed by atoms with Crippen LogP contribution >= 0.6 is 0 Å². The molecule has 1 atom stereocenters. The van der Waals surface area contributed by atoms with Crippen molar-refractivity contribution in [2.24, 2.45) is 0 Å². The van der Waals surface area contributed by atoms with E-state index in [1.165, 1.54) is 11.1 Å². The van der Waals surface area contributed by atoms with Gasteiger partial charge in [0.2, 0.25) is 0 Å². The molecule has 1 amide bonds. The zero-order chi connectivity index (χ0) is 16.3. The third-order valence-electron chi connectivity index (χ3n) is 4.05. The second-order valence-electron chi connectivity index (χ2n) is 7.17. The van der Waals surface area contributed by atoms with Crippen LogP contribution in [-0.4, -0.2) is 47.2 Å². The Balaban J connectivity index is 1.93. The minimum absolute atomic E-state index is 0.199. The van der Waals surface area contributed by atoms with Gasteiger partial charge in [0.05, 0.1) is 0 Å². The quantitative estimate of drug-likeness (QED) is 0.839. The number of aryl methyl sites for hydroxylation is 1. The van der Waals surface area contributed by atoms with Crippen LogP contribution in [-0.2, 0) is 11.3 Å². The number of hydrogen-bond acceptors (Lipinski definition) is 3. The van der Waals surface area contributed by atoms with Crippen molar-refractivity contribution in [2.75, 3.05) is 19.6 Å². The molecule has 122 valence electrons. The molecule has 4 heteroatoms. The monoisotopic (exact) mass is 304 g/mol. The summed E-state index contributed by atoms with van der Waals surface area (Å²) in [7, 11) is 0. The second kappa shape index (κ2) is 6.69. The van der Waals surface area contributed by atoms with E-state index in [9.17, 15) is 4.79 Å². The van der Waals surface area contributed by atoms with Crippen LogP contribution in [0, 0.1) is 6.92 Å². The van der Waals surface area contributed by atoms with E-state index in [2.05, 4.69) is 43.0 Å². The molecule has 2 rings (SSSR count). The average molecular weight is 304 g/mol. The fourth-order valence-electron chi connectivity index (χ4n) is 2.73. The lowest BCUT2D eigenvalue weighted by Crippen LogP contribution is -2.54. The van der Waals surface area contributed by atoms with Gasteiger partial charge in [0.15, 0.2) is 0 Å². The molecule has 1 aromatic rings. The predicted octanol–water partition coefficient (Wildman–Crippen LogP) is 3.44. The SMILES string of the molecule is Cc1ccccc1CN1CCN(C(=O)OC(C)(C)C)C[C@H]1C. The number of hydrogen-bond donors (Lipinski definition) is 0. The molecule has 0 aliphatic carbocycles. The molecule has 22 heavy (non-hydrogen) atoms. The number of ether oxygens (including phenoxy) is 1. The molecule has 0 spiro atoms. The van der Waals surface area contributed by atoms with E-state index in [1.807, 2.05) is 25.7 Å². The Hall–Kier alpha value is -1.55. The smallest absolute Gasteiger partial charge is 0.410 e. The summed E-state index contributed by atoms with van der Waals surface area (Å²) in [5, 5.41) is 0. The van der Waals surface area contributed by atoms with Crippen LogP contribution in [0.15, 0.2) is 24.3 Å². The van der Waals surface area contributed by atoms with Gasteiger partial charge in [-0.25, -0.2) is 4.79 Å². The van der Waals surface area contributed by atoms with Crippen LogP contribution < -0.4 is 0 Å². The van der Waals surface area contributed by atoms with Gasteiger partial charge in [-0.2, -0.15) is 0 Å². The van der Waals surface area contributed by atoms with Crippen molar-refractivity contribution >= 4 is 6.09 Å². The Labute approximate surface area is 134 Å². The highest BCUT2D eigenvalue weighted by Crippen LogP contribution is 2.18. The predicted molar refractivity (Wildman–Crippen MR) is 88.9 cm³/mol. The molecule has 0 saturated carbocycles. The Bertz CT molecular complexity index is 522. The van der Waals surface area contributed by atoms with Crippen LogP contribution in [0.5, 0.6) is 0 Å². The van der Waals surface area contributed by atoms with E-state index >= 15 is 0 Å². The highest BCUT2D eigenvalue weighted by Gasteiger charge is 2.29. The number of rotatable bonds is 2. The number of nitrogens with zero attached hydrogens (tertiary/aromatic N) is 2. The summed E-state index contributed by atoms with van der Waals surface area (Å²) in [5.41, 5.74) is 2.25. The van der Waals surface area contributed by atoms with Crippen molar-refractivity contribution in [3.63, 3.8) is 0 Å². The number of piperazine rings is 1. The fourth-order valence-corrected chi connectivity index (χ4v) is 2.73. The first-order valence-electron chi connectivity index (χ1n) is 8.03.